The number of fused-ring (bicyclic) bond motifs is 2. The first-order chi connectivity index (χ1) is 12.4. The maximum absolute atomic E-state index is 12.9. The van der Waals surface area contributed by atoms with Gasteiger partial charge in [-0.25, -0.2) is 9.59 Å². The number of urea groups is 1. The molecule has 1 spiro atoms. The van der Waals surface area contributed by atoms with Crippen LogP contribution in [0.3, 0.4) is 0 Å². The summed E-state index contributed by atoms with van der Waals surface area (Å²) >= 11 is 0. The van der Waals surface area contributed by atoms with E-state index in [1.807, 2.05) is 24.3 Å². The zero-order valence-corrected chi connectivity index (χ0v) is 14.4. The van der Waals surface area contributed by atoms with Gasteiger partial charge in [-0.1, -0.05) is 37.6 Å². The first-order valence-electron chi connectivity index (χ1n) is 8.63. The number of imide groups is 1. The third-order valence-corrected chi connectivity index (χ3v) is 4.93. The molecule has 1 aliphatic carbocycles. The van der Waals surface area contributed by atoms with E-state index in [0.29, 0.717) is 19.3 Å². The van der Waals surface area contributed by atoms with E-state index in [9.17, 15) is 19.2 Å². The van der Waals surface area contributed by atoms with Crippen LogP contribution in [0, 0.1) is 0 Å². The van der Waals surface area contributed by atoms with Crippen molar-refractivity contribution < 1.29 is 24.3 Å². The molecule has 0 radical (unpaired) electrons. The van der Waals surface area contributed by atoms with Gasteiger partial charge in [-0.05, 0) is 30.4 Å². The highest BCUT2D eigenvalue weighted by molar-refractivity contribution is 6.10. The number of carboxylic acids is 1. The molecule has 1 aromatic carbocycles. The van der Waals surface area contributed by atoms with Crippen molar-refractivity contribution in [2.75, 3.05) is 6.54 Å². The van der Waals surface area contributed by atoms with Gasteiger partial charge in [0.2, 0.25) is 5.91 Å². The average molecular weight is 359 g/mol. The van der Waals surface area contributed by atoms with E-state index in [2.05, 4.69) is 10.6 Å². The topological polar surface area (TPSA) is 116 Å². The maximum Gasteiger partial charge on any atom is 0.326 e. The molecular weight excluding hydrogens is 338 g/mol. The number of carbonyl (C=O) groups excluding carboxylic acids is 3. The largest absolute Gasteiger partial charge is 0.480 e. The van der Waals surface area contributed by atoms with Crippen LogP contribution < -0.4 is 10.6 Å². The van der Waals surface area contributed by atoms with Crippen molar-refractivity contribution in [2.24, 2.45) is 0 Å². The van der Waals surface area contributed by atoms with Gasteiger partial charge in [0.25, 0.3) is 5.91 Å². The number of hydrogen-bond donors (Lipinski definition) is 3. The average Bonchev–Trinajstić information content (AvgIpc) is 3.08. The molecule has 2 atom stereocenters. The van der Waals surface area contributed by atoms with Crippen LogP contribution in [0.5, 0.6) is 0 Å². The highest BCUT2D eigenvalue weighted by atomic mass is 16.4. The van der Waals surface area contributed by atoms with Crippen molar-refractivity contribution in [1.29, 1.82) is 0 Å². The van der Waals surface area contributed by atoms with E-state index in [0.717, 1.165) is 16.0 Å². The minimum Gasteiger partial charge on any atom is -0.480 e. The molecule has 8 nitrogen and oxygen atoms in total. The second-order valence-electron chi connectivity index (χ2n) is 6.63. The van der Waals surface area contributed by atoms with Gasteiger partial charge in [0, 0.05) is 0 Å². The molecule has 1 saturated heterocycles. The molecule has 3 N–H and O–H groups in total. The summed E-state index contributed by atoms with van der Waals surface area (Å²) in [6, 6.07) is 5.75. The molecule has 3 rings (SSSR count). The minimum absolute atomic E-state index is 0.276. The van der Waals surface area contributed by atoms with Gasteiger partial charge in [0.15, 0.2) is 0 Å². The Hall–Kier alpha value is -2.90. The van der Waals surface area contributed by atoms with Crippen molar-refractivity contribution in [2.45, 2.75) is 44.2 Å². The van der Waals surface area contributed by atoms with Gasteiger partial charge >= 0.3 is 12.0 Å². The predicted octanol–water partition coefficient (Wildman–Crippen LogP) is 0.749. The molecule has 0 aromatic heterocycles. The maximum atomic E-state index is 12.9. The predicted molar refractivity (Wildman–Crippen MR) is 91.2 cm³/mol. The van der Waals surface area contributed by atoms with Crippen molar-refractivity contribution in [1.82, 2.24) is 15.5 Å². The summed E-state index contributed by atoms with van der Waals surface area (Å²) < 4.78 is 0. The Labute approximate surface area is 150 Å². The van der Waals surface area contributed by atoms with E-state index in [4.69, 9.17) is 5.11 Å². The fourth-order valence-corrected chi connectivity index (χ4v) is 3.66. The number of benzene rings is 1. The monoisotopic (exact) mass is 359 g/mol. The van der Waals surface area contributed by atoms with Crippen LogP contribution in [0.15, 0.2) is 24.3 Å². The molecule has 4 amide bonds. The number of nitrogens with zero attached hydrogens (tertiary/aromatic N) is 1. The summed E-state index contributed by atoms with van der Waals surface area (Å²) in [5, 5.41) is 14.2. The second-order valence-corrected chi connectivity index (χ2v) is 6.63. The summed E-state index contributed by atoms with van der Waals surface area (Å²) in [6.07, 6.45) is 1.97. The molecule has 8 heteroatoms. The zero-order valence-electron chi connectivity index (χ0n) is 14.4. The summed E-state index contributed by atoms with van der Waals surface area (Å²) in [4.78, 5) is 49.5. The van der Waals surface area contributed by atoms with E-state index in [1.54, 1.807) is 6.92 Å². The zero-order chi connectivity index (χ0) is 18.9. The van der Waals surface area contributed by atoms with Crippen LogP contribution in [0.25, 0.3) is 0 Å². The normalized spacial score (nSPS) is 22.3. The number of carboxylic acid groups (broad SMARTS) is 1. The number of aryl methyl sites for hydroxylation is 1. The van der Waals surface area contributed by atoms with Gasteiger partial charge in [-0.2, -0.15) is 0 Å². The number of hydrogen-bond acceptors (Lipinski definition) is 4. The Morgan fingerprint density at radius 2 is 2.08 bits per heavy atom. The molecular formula is C18H21N3O5. The number of rotatable bonds is 6. The van der Waals surface area contributed by atoms with Crippen molar-refractivity contribution in [3.05, 3.63) is 35.4 Å². The molecule has 1 fully saturated rings. The molecule has 2 unspecified atom stereocenters. The highest BCUT2D eigenvalue weighted by Gasteiger charge is 2.55. The molecule has 0 saturated carbocycles. The van der Waals surface area contributed by atoms with Crippen molar-refractivity contribution >= 4 is 23.8 Å². The summed E-state index contributed by atoms with van der Waals surface area (Å²) in [5.74, 6) is -2.28. The van der Waals surface area contributed by atoms with Gasteiger partial charge in [0.05, 0.1) is 0 Å². The number of carbonyl (C=O) groups is 4. The van der Waals surface area contributed by atoms with E-state index in [-0.39, 0.29) is 6.42 Å². The number of nitrogens with one attached hydrogen (secondary N) is 2. The highest BCUT2D eigenvalue weighted by Crippen LogP contribution is 2.41. The summed E-state index contributed by atoms with van der Waals surface area (Å²) in [7, 11) is 0. The standard InChI is InChI=1S/C18H21N3O5/c1-2-5-13(15(23)24)19-14(22)10-21-16(25)18(20-17(21)26)9-8-11-6-3-4-7-12(11)18/h3-4,6-7,13H,2,5,8-10H2,1H3,(H,19,22)(H,20,26)(H,23,24). The quantitative estimate of drug-likeness (QED) is 0.648. The SMILES string of the molecule is CCCC(NC(=O)CN1C(=O)NC2(CCc3ccccc32)C1=O)C(=O)O. The Balaban J connectivity index is 1.75. The Morgan fingerprint density at radius 3 is 2.77 bits per heavy atom. The van der Waals surface area contributed by atoms with E-state index in [1.165, 1.54) is 0 Å². The molecule has 1 aromatic rings. The Bertz CT molecular complexity index is 778. The van der Waals surface area contributed by atoms with E-state index < -0.39 is 41.9 Å². The fourth-order valence-electron chi connectivity index (χ4n) is 3.66. The van der Waals surface area contributed by atoms with E-state index >= 15 is 0 Å². The van der Waals surface area contributed by atoms with Gasteiger partial charge in [0.1, 0.15) is 18.1 Å². The number of amides is 4. The van der Waals surface area contributed by atoms with Crippen LogP contribution in [-0.2, 0) is 26.3 Å². The second kappa shape index (κ2) is 6.78. The van der Waals surface area contributed by atoms with Crippen LogP contribution in [0.4, 0.5) is 4.79 Å². The van der Waals surface area contributed by atoms with Gasteiger partial charge in [-0.15, -0.1) is 0 Å². The van der Waals surface area contributed by atoms with Gasteiger partial charge in [-0.3, -0.25) is 14.5 Å². The first kappa shape index (κ1) is 17.9. The minimum atomic E-state index is -1.14. The van der Waals surface area contributed by atoms with Crippen molar-refractivity contribution in [3.63, 3.8) is 0 Å². The molecule has 138 valence electrons. The third kappa shape index (κ3) is 2.91. The molecule has 2 aliphatic rings. The van der Waals surface area contributed by atoms with Gasteiger partial charge < -0.3 is 15.7 Å². The lowest BCUT2D eigenvalue weighted by molar-refractivity contribution is -0.142. The molecule has 1 aliphatic heterocycles. The Morgan fingerprint density at radius 1 is 1.35 bits per heavy atom. The van der Waals surface area contributed by atoms with Crippen LogP contribution in [-0.4, -0.2) is 46.4 Å². The molecule has 0 bridgehead atoms. The smallest absolute Gasteiger partial charge is 0.326 e. The van der Waals surface area contributed by atoms with Crippen LogP contribution >= 0.6 is 0 Å². The van der Waals surface area contributed by atoms with Crippen LogP contribution in [0.2, 0.25) is 0 Å². The molecule has 1 heterocycles. The summed E-state index contributed by atoms with van der Waals surface area (Å²) in [6.45, 7) is 1.31. The number of aliphatic carboxylic acids is 1. The summed E-state index contributed by atoms with van der Waals surface area (Å²) in [5.41, 5.74) is 0.640. The lowest BCUT2D eigenvalue weighted by atomic mass is 9.92. The third-order valence-electron chi connectivity index (χ3n) is 4.93. The van der Waals surface area contributed by atoms with Crippen molar-refractivity contribution in [3.8, 4) is 0 Å². The first-order valence-corrected chi connectivity index (χ1v) is 8.63. The van der Waals surface area contributed by atoms with Crippen LogP contribution in [0.1, 0.15) is 37.3 Å². The Kier molecular flexibility index (Phi) is 4.67. The fraction of sp³-hybridized carbons (Fsp3) is 0.444. The lowest BCUT2D eigenvalue weighted by Gasteiger charge is -2.22. The molecule has 26 heavy (non-hydrogen) atoms. The lowest BCUT2D eigenvalue weighted by Crippen LogP contribution is -2.47.